The van der Waals surface area contributed by atoms with E-state index in [-0.39, 0.29) is 5.91 Å². The molecule has 0 aliphatic rings. The molecule has 2 heterocycles. The number of rotatable bonds is 7. The largest absolute Gasteiger partial charge is 0.494 e. The van der Waals surface area contributed by atoms with Crippen LogP contribution in [0.3, 0.4) is 0 Å². The van der Waals surface area contributed by atoms with E-state index in [0.717, 1.165) is 16.3 Å². The van der Waals surface area contributed by atoms with Crippen molar-refractivity contribution in [2.75, 3.05) is 20.8 Å². The second kappa shape index (κ2) is 7.86. The Hall–Kier alpha value is -2.76. The van der Waals surface area contributed by atoms with Crippen LogP contribution in [0.2, 0.25) is 0 Å². The summed E-state index contributed by atoms with van der Waals surface area (Å²) >= 11 is 0. The molecule has 144 valence electrons. The van der Waals surface area contributed by atoms with E-state index in [1.807, 2.05) is 39.0 Å². The lowest BCUT2D eigenvalue weighted by Crippen LogP contribution is -2.30. The van der Waals surface area contributed by atoms with Crippen LogP contribution in [-0.2, 0) is 11.3 Å². The molecule has 1 aromatic carbocycles. The zero-order valence-corrected chi connectivity index (χ0v) is 16.5. The third-order valence-electron chi connectivity index (χ3n) is 4.57. The molecule has 0 spiro atoms. The Balaban J connectivity index is 2.09. The van der Waals surface area contributed by atoms with Gasteiger partial charge in [-0.1, -0.05) is 13.8 Å². The van der Waals surface area contributed by atoms with Gasteiger partial charge in [0, 0.05) is 19.2 Å². The number of fused-ring (bicyclic) bond motifs is 2. The summed E-state index contributed by atoms with van der Waals surface area (Å²) in [6, 6.07) is 5.69. The van der Waals surface area contributed by atoms with Gasteiger partial charge in [-0.15, -0.1) is 0 Å². The minimum atomic E-state index is 0.124. The molecule has 6 heteroatoms. The van der Waals surface area contributed by atoms with Gasteiger partial charge in [0.2, 0.25) is 5.91 Å². The van der Waals surface area contributed by atoms with Crippen LogP contribution in [-0.4, -0.2) is 36.6 Å². The van der Waals surface area contributed by atoms with Crippen LogP contribution in [0.15, 0.2) is 28.8 Å². The topological polar surface area (TPSA) is 64.8 Å². The minimum Gasteiger partial charge on any atom is -0.494 e. The fourth-order valence-electron chi connectivity index (χ4n) is 3.33. The molecule has 6 nitrogen and oxygen atoms in total. The highest BCUT2D eigenvalue weighted by Crippen LogP contribution is 2.43. The lowest BCUT2D eigenvalue weighted by atomic mass is 10.1. The smallest absolute Gasteiger partial charge is 0.223 e. The third-order valence-corrected chi connectivity index (χ3v) is 4.57. The van der Waals surface area contributed by atoms with Gasteiger partial charge in [0.1, 0.15) is 11.3 Å². The van der Waals surface area contributed by atoms with Gasteiger partial charge in [0.25, 0.3) is 0 Å². The van der Waals surface area contributed by atoms with Crippen molar-refractivity contribution >= 4 is 27.8 Å². The summed E-state index contributed by atoms with van der Waals surface area (Å²) < 4.78 is 17.3. The van der Waals surface area contributed by atoms with Crippen molar-refractivity contribution in [2.24, 2.45) is 5.92 Å². The number of carbonyl (C=O) groups is 1. The molecule has 0 aliphatic carbocycles. The molecule has 0 atom stereocenters. The normalized spacial score (nSPS) is 11.3. The molecule has 0 bridgehead atoms. The van der Waals surface area contributed by atoms with Crippen LogP contribution in [0.1, 0.15) is 33.0 Å². The highest BCUT2D eigenvalue weighted by Gasteiger charge is 2.22. The Morgan fingerprint density at radius 1 is 1.22 bits per heavy atom. The number of ether oxygens (including phenoxy) is 2. The van der Waals surface area contributed by atoms with Crippen molar-refractivity contribution in [3.63, 3.8) is 0 Å². The molecule has 0 saturated carbocycles. The van der Waals surface area contributed by atoms with E-state index in [9.17, 15) is 4.79 Å². The molecule has 0 radical (unpaired) electrons. The Morgan fingerprint density at radius 2 is 1.96 bits per heavy atom. The molecular formula is C21H26N2O4. The van der Waals surface area contributed by atoms with Gasteiger partial charge in [-0.3, -0.25) is 9.78 Å². The zero-order valence-electron chi connectivity index (χ0n) is 16.5. The number of aromatic nitrogens is 1. The predicted octanol–water partition coefficient (Wildman–Crippen LogP) is 4.39. The van der Waals surface area contributed by atoms with Gasteiger partial charge in [-0.2, -0.15) is 0 Å². The fourth-order valence-corrected chi connectivity index (χ4v) is 3.33. The van der Waals surface area contributed by atoms with Crippen molar-refractivity contribution in [1.82, 2.24) is 9.88 Å². The summed E-state index contributed by atoms with van der Waals surface area (Å²) in [7, 11) is 3.23. The van der Waals surface area contributed by atoms with E-state index in [1.165, 1.54) is 0 Å². The van der Waals surface area contributed by atoms with Crippen LogP contribution < -0.4 is 9.47 Å². The maximum absolute atomic E-state index is 12.5. The van der Waals surface area contributed by atoms with Crippen molar-refractivity contribution in [1.29, 1.82) is 0 Å². The molecule has 0 N–H and O–H groups in total. The summed E-state index contributed by atoms with van der Waals surface area (Å²) in [5.41, 5.74) is 1.33. The zero-order chi connectivity index (χ0) is 19.6. The molecule has 0 aliphatic heterocycles. The maximum Gasteiger partial charge on any atom is 0.223 e. The van der Waals surface area contributed by atoms with Gasteiger partial charge in [-0.05, 0) is 31.0 Å². The van der Waals surface area contributed by atoms with Crippen LogP contribution in [0.5, 0.6) is 11.5 Å². The second-order valence-corrected chi connectivity index (χ2v) is 6.93. The molecule has 2 aromatic heterocycles. The van der Waals surface area contributed by atoms with Crippen molar-refractivity contribution in [3.8, 4) is 11.5 Å². The van der Waals surface area contributed by atoms with Crippen LogP contribution in [0, 0.1) is 5.92 Å². The number of nitrogens with zero attached hydrogens (tertiary/aromatic N) is 2. The molecule has 3 aromatic rings. The van der Waals surface area contributed by atoms with Crippen molar-refractivity contribution < 1.29 is 18.7 Å². The summed E-state index contributed by atoms with van der Waals surface area (Å²) in [6.45, 7) is 7.09. The van der Waals surface area contributed by atoms with Gasteiger partial charge in [0.15, 0.2) is 17.1 Å². The van der Waals surface area contributed by atoms with E-state index in [2.05, 4.69) is 4.98 Å². The first-order valence-corrected chi connectivity index (χ1v) is 9.18. The van der Waals surface area contributed by atoms with Crippen LogP contribution in [0.4, 0.5) is 0 Å². The van der Waals surface area contributed by atoms with Crippen LogP contribution >= 0.6 is 0 Å². The van der Waals surface area contributed by atoms with E-state index in [4.69, 9.17) is 13.9 Å². The summed E-state index contributed by atoms with van der Waals surface area (Å²) in [6.07, 6.45) is 2.25. The highest BCUT2D eigenvalue weighted by molar-refractivity contribution is 6.07. The first-order chi connectivity index (χ1) is 13.0. The second-order valence-electron chi connectivity index (χ2n) is 6.93. The van der Waals surface area contributed by atoms with E-state index in [1.54, 1.807) is 25.3 Å². The first-order valence-electron chi connectivity index (χ1n) is 9.18. The fraction of sp³-hybridized carbons (Fsp3) is 0.429. The average molecular weight is 370 g/mol. The van der Waals surface area contributed by atoms with Gasteiger partial charge >= 0.3 is 0 Å². The monoisotopic (exact) mass is 370 g/mol. The summed E-state index contributed by atoms with van der Waals surface area (Å²) in [5.74, 6) is 2.40. The first kappa shape index (κ1) is 19.0. The number of amides is 1. The Morgan fingerprint density at radius 3 is 2.59 bits per heavy atom. The molecular weight excluding hydrogens is 344 g/mol. The van der Waals surface area contributed by atoms with Gasteiger partial charge < -0.3 is 18.8 Å². The molecule has 1 amide bonds. The number of benzene rings is 1. The third kappa shape index (κ3) is 3.56. The predicted molar refractivity (Wildman–Crippen MR) is 105 cm³/mol. The number of methoxy groups -OCH3 is 2. The average Bonchev–Trinajstić information content (AvgIpc) is 3.06. The van der Waals surface area contributed by atoms with Crippen molar-refractivity contribution in [3.05, 3.63) is 30.2 Å². The molecule has 0 unspecified atom stereocenters. The number of hydrogen-bond acceptors (Lipinski definition) is 5. The molecule has 27 heavy (non-hydrogen) atoms. The summed E-state index contributed by atoms with van der Waals surface area (Å²) in [4.78, 5) is 18.7. The Kier molecular flexibility index (Phi) is 5.54. The highest BCUT2D eigenvalue weighted by atomic mass is 16.5. The number of hydrogen-bond donors (Lipinski definition) is 0. The lowest BCUT2D eigenvalue weighted by Gasteiger charge is -2.20. The van der Waals surface area contributed by atoms with E-state index < -0.39 is 0 Å². The lowest BCUT2D eigenvalue weighted by molar-refractivity contribution is -0.132. The number of pyridine rings is 1. The molecule has 0 saturated heterocycles. The minimum absolute atomic E-state index is 0.124. The Labute approximate surface area is 159 Å². The Bertz CT molecular complexity index is 901. The van der Waals surface area contributed by atoms with Gasteiger partial charge in [0.05, 0.1) is 31.5 Å². The maximum atomic E-state index is 12.5. The van der Waals surface area contributed by atoms with Crippen LogP contribution in [0.25, 0.3) is 21.9 Å². The van der Waals surface area contributed by atoms with E-state index >= 15 is 0 Å². The SMILES string of the molecule is CCN(Cc1cc2c(OC)c3ncccc3c(OC)c2o1)C(=O)CC(C)C. The van der Waals surface area contributed by atoms with Crippen molar-refractivity contribution in [2.45, 2.75) is 33.7 Å². The standard InChI is InChI=1S/C21H26N2O4/c1-6-23(17(24)10-13(2)3)12-14-11-16-19(25-4)18-15(8-7-9-22-18)20(26-5)21(16)27-14/h7-9,11,13H,6,10,12H2,1-5H3. The number of carbonyl (C=O) groups excluding carboxylic acids is 1. The molecule has 3 rings (SSSR count). The quantitative estimate of drug-likeness (QED) is 0.617. The summed E-state index contributed by atoms with van der Waals surface area (Å²) in [5, 5.41) is 1.62. The van der Waals surface area contributed by atoms with E-state index in [0.29, 0.717) is 48.3 Å². The van der Waals surface area contributed by atoms with Gasteiger partial charge in [-0.25, -0.2) is 0 Å². The number of furan rings is 1. The molecule has 0 fully saturated rings.